The van der Waals surface area contributed by atoms with Gasteiger partial charge in [0.2, 0.25) is 5.91 Å². The second-order valence-corrected chi connectivity index (χ2v) is 5.30. The van der Waals surface area contributed by atoms with Gasteiger partial charge in [-0.15, -0.1) is 0 Å². The van der Waals surface area contributed by atoms with Crippen LogP contribution in [0.4, 0.5) is 0 Å². The standard InChI is InChI=1S/C13H26N2O2/c1-4-12(15(2)3)13(17)14-11-7-5-10(9-16)6-8-11/h10-12,16H,4-9H2,1-3H3,(H,14,17). The van der Waals surface area contributed by atoms with E-state index in [1.54, 1.807) is 0 Å². The second-order valence-electron chi connectivity index (χ2n) is 5.30. The number of nitrogens with zero attached hydrogens (tertiary/aromatic N) is 1. The third-order valence-electron chi connectivity index (χ3n) is 3.76. The summed E-state index contributed by atoms with van der Waals surface area (Å²) in [6.07, 6.45) is 4.90. The van der Waals surface area contributed by atoms with Crippen molar-refractivity contribution in [3.8, 4) is 0 Å². The molecule has 0 heterocycles. The molecule has 0 aliphatic heterocycles. The zero-order valence-electron chi connectivity index (χ0n) is 11.3. The Balaban J connectivity index is 2.36. The highest BCUT2D eigenvalue weighted by molar-refractivity contribution is 5.81. The Bertz CT molecular complexity index is 236. The number of aliphatic hydroxyl groups excluding tert-OH is 1. The summed E-state index contributed by atoms with van der Waals surface area (Å²) in [6.45, 7) is 2.32. The van der Waals surface area contributed by atoms with Crippen molar-refractivity contribution in [2.24, 2.45) is 5.92 Å². The first-order chi connectivity index (χ1) is 8.08. The van der Waals surface area contributed by atoms with Crippen LogP contribution in [-0.4, -0.2) is 48.7 Å². The first-order valence-corrected chi connectivity index (χ1v) is 6.66. The number of amides is 1. The van der Waals surface area contributed by atoms with Crippen LogP contribution < -0.4 is 5.32 Å². The molecule has 0 aromatic carbocycles. The van der Waals surface area contributed by atoms with Crippen molar-refractivity contribution in [1.29, 1.82) is 0 Å². The van der Waals surface area contributed by atoms with E-state index in [1.165, 1.54) is 0 Å². The van der Waals surface area contributed by atoms with Crippen LogP contribution >= 0.6 is 0 Å². The number of hydrogen-bond donors (Lipinski definition) is 2. The van der Waals surface area contributed by atoms with Gasteiger partial charge >= 0.3 is 0 Å². The van der Waals surface area contributed by atoms with Crippen LogP contribution in [0.5, 0.6) is 0 Å². The average Bonchev–Trinajstić information content (AvgIpc) is 2.30. The minimum absolute atomic E-state index is 0.0226. The highest BCUT2D eigenvalue weighted by atomic mass is 16.3. The fraction of sp³-hybridized carbons (Fsp3) is 0.923. The van der Waals surface area contributed by atoms with Crippen molar-refractivity contribution in [1.82, 2.24) is 10.2 Å². The van der Waals surface area contributed by atoms with E-state index in [1.807, 2.05) is 25.9 Å². The van der Waals surface area contributed by atoms with Crippen LogP contribution in [0.25, 0.3) is 0 Å². The number of carbonyl (C=O) groups is 1. The second kappa shape index (κ2) is 6.97. The summed E-state index contributed by atoms with van der Waals surface area (Å²) >= 11 is 0. The zero-order valence-corrected chi connectivity index (χ0v) is 11.3. The molecule has 0 aromatic heterocycles. The lowest BCUT2D eigenvalue weighted by Crippen LogP contribution is -2.48. The minimum Gasteiger partial charge on any atom is -0.396 e. The molecule has 100 valence electrons. The number of aliphatic hydroxyl groups is 1. The van der Waals surface area contributed by atoms with Gasteiger partial charge in [-0.2, -0.15) is 0 Å². The molecule has 1 rings (SSSR count). The highest BCUT2D eigenvalue weighted by Gasteiger charge is 2.25. The Morgan fingerprint density at radius 1 is 1.35 bits per heavy atom. The maximum atomic E-state index is 12.0. The van der Waals surface area contributed by atoms with E-state index in [2.05, 4.69) is 5.32 Å². The Morgan fingerprint density at radius 3 is 2.35 bits per heavy atom. The van der Waals surface area contributed by atoms with Gasteiger partial charge in [0.15, 0.2) is 0 Å². The van der Waals surface area contributed by atoms with Gasteiger partial charge in [0.1, 0.15) is 0 Å². The van der Waals surface area contributed by atoms with Gasteiger partial charge < -0.3 is 10.4 Å². The average molecular weight is 242 g/mol. The zero-order chi connectivity index (χ0) is 12.8. The number of hydrogen-bond acceptors (Lipinski definition) is 3. The fourth-order valence-corrected chi connectivity index (χ4v) is 2.57. The topological polar surface area (TPSA) is 52.6 Å². The van der Waals surface area contributed by atoms with E-state index in [0.29, 0.717) is 12.0 Å². The van der Waals surface area contributed by atoms with Crippen molar-refractivity contribution in [3.05, 3.63) is 0 Å². The normalized spacial score (nSPS) is 26.9. The summed E-state index contributed by atoms with van der Waals surface area (Å²) in [4.78, 5) is 14.0. The molecule has 1 aliphatic carbocycles. The van der Waals surface area contributed by atoms with Crippen molar-refractivity contribution in [2.75, 3.05) is 20.7 Å². The third kappa shape index (κ3) is 4.28. The maximum absolute atomic E-state index is 12.0. The minimum atomic E-state index is -0.0226. The molecule has 0 spiro atoms. The van der Waals surface area contributed by atoms with Crippen LogP contribution in [0.1, 0.15) is 39.0 Å². The van der Waals surface area contributed by atoms with E-state index in [0.717, 1.165) is 32.1 Å². The van der Waals surface area contributed by atoms with Crippen LogP contribution in [0.3, 0.4) is 0 Å². The van der Waals surface area contributed by atoms with Gasteiger partial charge in [-0.3, -0.25) is 9.69 Å². The Hall–Kier alpha value is -0.610. The Morgan fingerprint density at radius 2 is 1.94 bits per heavy atom. The molecular formula is C13H26N2O2. The first-order valence-electron chi connectivity index (χ1n) is 6.66. The summed E-state index contributed by atoms with van der Waals surface area (Å²) in [6, 6.07) is 0.282. The summed E-state index contributed by atoms with van der Waals surface area (Å²) < 4.78 is 0. The largest absolute Gasteiger partial charge is 0.396 e. The van der Waals surface area contributed by atoms with E-state index < -0.39 is 0 Å². The fourth-order valence-electron chi connectivity index (χ4n) is 2.57. The van der Waals surface area contributed by atoms with Crippen molar-refractivity contribution in [3.63, 3.8) is 0 Å². The lowest BCUT2D eigenvalue weighted by atomic mass is 9.86. The molecule has 0 aromatic rings. The van der Waals surface area contributed by atoms with Crippen molar-refractivity contribution < 1.29 is 9.90 Å². The van der Waals surface area contributed by atoms with E-state index in [9.17, 15) is 4.79 Å². The van der Waals surface area contributed by atoms with Crippen LogP contribution in [0.2, 0.25) is 0 Å². The van der Waals surface area contributed by atoms with E-state index in [4.69, 9.17) is 5.11 Å². The molecule has 2 N–H and O–H groups in total. The maximum Gasteiger partial charge on any atom is 0.237 e. The SMILES string of the molecule is CCC(C(=O)NC1CCC(CO)CC1)N(C)C. The molecule has 1 unspecified atom stereocenters. The molecule has 0 radical (unpaired) electrons. The summed E-state index contributed by atoms with van der Waals surface area (Å²) in [5.74, 6) is 0.587. The van der Waals surface area contributed by atoms with Gasteiger partial charge in [-0.25, -0.2) is 0 Å². The van der Waals surface area contributed by atoms with E-state index in [-0.39, 0.29) is 18.6 Å². The first kappa shape index (κ1) is 14.5. The predicted octanol–water partition coefficient (Wildman–Crippen LogP) is 0.994. The van der Waals surface area contributed by atoms with Crippen molar-refractivity contribution in [2.45, 2.75) is 51.1 Å². The molecule has 1 amide bonds. The number of carbonyl (C=O) groups excluding carboxylic acids is 1. The van der Waals surface area contributed by atoms with Crippen LogP contribution in [0.15, 0.2) is 0 Å². The number of likely N-dealkylation sites (N-methyl/N-ethyl adjacent to an activating group) is 1. The van der Waals surface area contributed by atoms with Crippen molar-refractivity contribution >= 4 is 5.91 Å². The van der Waals surface area contributed by atoms with Gasteiger partial charge in [-0.05, 0) is 52.1 Å². The van der Waals surface area contributed by atoms with Gasteiger partial charge in [-0.1, -0.05) is 6.92 Å². The molecule has 1 saturated carbocycles. The molecule has 1 aliphatic rings. The summed E-state index contributed by atoms with van der Waals surface area (Å²) in [5, 5.41) is 12.2. The van der Waals surface area contributed by atoms with Crippen LogP contribution in [-0.2, 0) is 4.79 Å². The predicted molar refractivity (Wildman–Crippen MR) is 68.7 cm³/mol. The van der Waals surface area contributed by atoms with Gasteiger partial charge in [0.05, 0.1) is 6.04 Å². The molecule has 0 bridgehead atoms. The molecule has 17 heavy (non-hydrogen) atoms. The number of nitrogens with one attached hydrogen (secondary N) is 1. The summed E-state index contributed by atoms with van der Waals surface area (Å²) in [5.41, 5.74) is 0. The molecular weight excluding hydrogens is 216 g/mol. The third-order valence-corrected chi connectivity index (χ3v) is 3.76. The molecule has 1 fully saturated rings. The van der Waals surface area contributed by atoms with Crippen LogP contribution in [0, 0.1) is 5.92 Å². The smallest absolute Gasteiger partial charge is 0.237 e. The molecule has 0 saturated heterocycles. The highest BCUT2D eigenvalue weighted by Crippen LogP contribution is 2.23. The molecule has 1 atom stereocenters. The molecule has 4 nitrogen and oxygen atoms in total. The van der Waals surface area contributed by atoms with Gasteiger partial charge in [0, 0.05) is 12.6 Å². The quantitative estimate of drug-likeness (QED) is 0.756. The van der Waals surface area contributed by atoms with Gasteiger partial charge in [0.25, 0.3) is 0 Å². The summed E-state index contributed by atoms with van der Waals surface area (Å²) in [7, 11) is 3.88. The Labute approximate surface area is 104 Å². The number of rotatable bonds is 5. The van der Waals surface area contributed by atoms with E-state index >= 15 is 0 Å². The Kier molecular flexibility index (Phi) is 5.92. The lowest BCUT2D eigenvalue weighted by molar-refractivity contribution is -0.126. The molecule has 4 heteroatoms. The monoisotopic (exact) mass is 242 g/mol. The lowest BCUT2D eigenvalue weighted by Gasteiger charge is -2.30.